The van der Waals surface area contributed by atoms with Crippen LogP contribution < -0.4 is 5.32 Å². The molecule has 1 heterocycles. The van der Waals surface area contributed by atoms with Crippen LogP contribution in [-0.4, -0.2) is 18.6 Å². The van der Waals surface area contributed by atoms with Gasteiger partial charge in [0.1, 0.15) is 0 Å². The van der Waals surface area contributed by atoms with E-state index in [0.717, 1.165) is 24.7 Å². The van der Waals surface area contributed by atoms with Crippen molar-refractivity contribution in [3.05, 3.63) is 15.6 Å². The molecule has 1 saturated carbocycles. The summed E-state index contributed by atoms with van der Waals surface area (Å²) >= 11 is 1.86. The van der Waals surface area contributed by atoms with Crippen LogP contribution in [0.1, 0.15) is 41.3 Å². The maximum absolute atomic E-state index is 5.18. The van der Waals surface area contributed by atoms with Crippen LogP contribution in [0.25, 0.3) is 0 Å². The van der Waals surface area contributed by atoms with Gasteiger partial charge in [-0.05, 0) is 19.4 Å². The van der Waals surface area contributed by atoms with Crippen LogP contribution in [0.4, 0.5) is 0 Å². The first-order valence-corrected chi connectivity index (χ1v) is 6.35. The highest BCUT2D eigenvalue weighted by molar-refractivity contribution is 7.11. The van der Waals surface area contributed by atoms with E-state index in [-0.39, 0.29) is 0 Å². The van der Waals surface area contributed by atoms with Crippen LogP contribution in [-0.2, 0) is 17.9 Å². The fourth-order valence-electron chi connectivity index (χ4n) is 1.53. The molecule has 84 valence electrons. The Bertz CT molecular complexity index is 320. The van der Waals surface area contributed by atoms with Gasteiger partial charge in [0.05, 0.1) is 17.3 Å². The largest absolute Gasteiger partial charge is 0.378 e. The minimum absolute atomic E-state index is 0.643. The molecule has 1 aliphatic carbocycles. The predicted molar refractivity (Wildman–Crippen MR) is 62.2 cm³/mol. The minimum atomic E-state index is 0.643. The number of ether oxygens (including phenoxy) is 1. The van der Waals surface area contributed by atoms with Crippen molar-refractivity contribution in [2.24, 2.45) is 0 Å². The van der Waals surface area contributed by atoms with E-state index in [0.29, 0.717) is 6.61 Å². The van der Waals surface area contributed by atoms with Crippen LogP contribution >= 0.6 is 11.3 Å². The molecule has 1 aromatic heterocycles. The van der Waals surface area contributed by atoms with E-state index in [2.05, 4.69) is 17.2 Å². The van der Waals surface area contributed by atoms with Crippen LogP contribution in [0.15, 0.2) is 0 Å². The lowest BCUT2D eigenvalue weighted by Gasteiger charge is -2.00. The van der Waals surface area contributed by atoms with Crippen molar-refractivity contribution >= 4 is 11.3 Å². The monoisotopic (exact) mass is 226 g/mol. The molecule has 0 aromatic carbocycles. The Kier molecular flexibility index (Phi) is 3.72. The van der Waals surface area contributed by atoms with Crippen LogP contribution in [0.5, 0.6) is 0 Å². The molecular weight excluding hydrogens is 208 g/mol. The summed E-state index contributed by atoms with van der Waals surface area (Å²) < 4.78 is 5.18. The Morgan fingerprint density at radius 3 is 2.93 bits per heavy atom. The van der Waals surface area contributed by atoms with Gasteiger partial charge in [0.25, 0.3) is 0 Å². The number of thiazole rings is 1. The Morgan fingerprint density at radius 1 is 1.53 bits per heavy atom. The molecule has 1 fully saturated rings. The lowest BCUT2D eigenvalue weighted by atomic mass is 10.3. The third kappa shape index (κ3) is 2.77. The van der Waals surface area contributed by atoms with E-state index in [1.54, 1.807) is 7.11 Å². The molecule has 2 rings (SSSR count). The van der Waals surface area contributed by atoms with E-state index in [9.17, 15) is 0 Å². The molecule has 0 aliphatic heterocycles. The zero-order chi connectivity index (χ0) is 10.7. The summed E-state index contributed by atoms with van der Waals surface area (Å²) in [6, 6.07) is 0. The molecule has 0 atom stereocenters. The molecule has 0 amide bonds. The molecule has 3 nitrogen and oxygen atoms in total. The van der Waals surface area contributed by atoms with E-state index < -0.39 is 0 Å². The molecule has 0 radical (unpaired) electrons. The van der Waals surface area contributed by atoms with Crippen molar-refractivity contribution in [2.75, 3.05) is 13.7 Å². The van der Waals surface area contributed by atoms with Crippen molar-refractivity contribution in [1.82, 2.24) is 10.3 Å². The maximum atomic E-state index is 5.18. The quantitative estimate of drug-likeness (QED) is 0.808. The van der Waals surface area contributed by atoms with Gasteiger partial charge in [0, 0.05) is 24.4 Å². The van der Waals surface area contributed by atoms with Gasteiger partial charge < -0.3 is 10.1 Å². The lowest BCUT2D eigenvalue weighted by Crippen LogP contribution is -2.12. The first-order chi connectivity index (χ1) is 7.35. The van der Waals surface area contributed by atoms with Gasteiger partial charge in [-0.25, -0.2) is 4.98 Å². The Balaban J connectivity index is 2.09. The molecule has 15 heavy (non-hydrogen) atoms. The smallest absolute Gasteiger partial charge is 0.0963 e. The number of aromatic nitrogens is 1. The summed E-state index contributed by atoms with van der Waals surface area (Å²) in [5.74, 6) is 0.751. The summed E-state index contributed by atoms with van der Waals surface area (Å²) in [7, 11) is 1.73. The topological polar surface area (TPSA) is 34.2 Å². The predicted octanol–water partition coefficient (Wildman–Crippen LogP) is 2.28. The second kappa shape index (κ2) is 5.05. The molecule has 0 bridgehead atoms. The van der Waals surface area contributed by atoms with Gasteiger partial charge in [-0.15, -0.1) is 11.3 Å². The normalized spacial score (nSPS) is 15.9. The summed E-state index contributed by atoms with van der Waals surface area (Å²) in [5, 5.41) is 4.67. The molecule has 1 aliphatic rings. The Morgan fingerprint density at radius 2 is 2.33 bits per heavy atom. The van der Waals surface area contributed by atoms with Crippen molar-refractivity contribution in [2.45, 2.75) is 38.8 Å². The van der Waals surface area contributed by atoms with E-state index >= 15 is 0 Å². The second-order valence-electron chi connectivity index (χ2n) is 3.91. The van der Waals surface area contributed by atoms with E-state index in [1.807, 2.05) is 11.3 Å². The van der Waals surface area contributed by atoms with Gasteiger partial charge in [-0.2, -0.15) is 0 Å². The average Bonchev–Trinajstić information content (AvgIpc) is 3.00. The Hall–Kier alpha value is -0.450. The van der Waals surface area contributed by atoms with Gasteiger partial charge in [0.15, 0.2) is 0 Å². The number of rotatable bonds is 6. The van der Waals surface area contributed by atoms with Gasteiger partial charge in [-0.3, -0.25) is 0 Å². The molecule has 1 N–H and O–H groups in total. The fraction of sp³-hybridized carbons (Fsp3) is 0.727. The third-order valence-electron chi connectivity index (χ3n) is 2.54. The molecule has 0 unspecified atom stereocenters. The van der Waals surface area contributed by atoms with Gasteiger partial charge in [0.2, 0.25) is 0 Å². The highest BCUT2D eigenvalue weighted by atomic mass is 32.1. The van der Waals surface area contributed by atoms with Gasteiger partial charge >= 0.3 is 0 Å². The zero-order valence-corrected chi connectivity index (χ0v) is 10.2. The maximum Gasteiger partial charge on any atom is 0.0963 e. The summed E-state index contributed by atoms with van der Waals surface area (Å²) in [6.07, 6.45) is 2.64. The minimum Gasteiger partial charge on any atom is -0.378 e. The number of methoxy groups -OCH3 is 1. The summed E-state index contributed by atoms with van der Waals surface area (Å²) in [6.45, 7) is 4.70. The highest BCUT2D eigenvalue weighted by Crippen LogP contribution is 2.42. The van der Waals surface area contributed by atoms with Crippen molar-refractivity contribution < 1.29 is 4.74 Å². The van der Waals surface area contributed by atoms with Crippen LogP contribution in [0.2, 0.25) is 0 Å². The van der Waals surface area contributed by atoms with Crippen LogP contribution in [0.3, 0.4) is 0 Å². The standard InChI is InChI=1S/C11H18N2OS/c1-3-12-6-10-9(7-14-2)13-11(15-10)8-4-5-8/h8,12H,3-7H2,1-2H3. The SMILES string of the molecule is CCNCc1sc(C2CC2)nc1COC. The number of hydrogen-bond donors (Lipinski definition) is 1. The summed E-state index contributed by atoms with van der Waals surface area (Å²) in [4.78, 5) is 6.02. The first-order valence-electron chi connectivity index (χ1n) is 5.53. The Labute approximate surface area is 94.9 Å². The van der Waals surface area contributed by atoms with E-state index in [4.69, 9.17) is 4.74 Å². The molecule has 4 heteroatoms. The van der Waals surface area contributed by atoms with Crippen LogP contribution in [0, 0.1) is 0 Å². The van der Waals surface area contributed by atoms with Crippen molar-refractivity contribution in [3.63, 3.8) is 0 Å². The summed E-state index contributed by atoms with van der Waals surface area (Å²) in [5.41, 5.74) is 1.13. The van der Waals surface area contributed by atoms with Crippen molar-refractivity contribution in [1.29, 1.82) is 0 Å². The average molecular weight is 226 g/mol. The lowest BCUT2D eigenvalue weighted by molar-refractivity contribution is 0.181. The van der Waals surface area contributed by atoms with Gasteiger partial charge in [-0.1, -0.05) is 6.92 Å². The molecule has 0 saturated heterocycles. The number of hydrogen-bond acceptors (Lipinski definition) is 4. The molecule has 0 spiro atoms. The highest BCUT2D eigenvalue weighted by Gasteiger charge is 2.28. The second-order valence-corrected chi connectivity index (χ2v) is 5.02. The first kappa shape index (κ1) is 11.0. The van der Waals surface area contributed by atoms with Crippen molar-refractivity contribution in [3.8, 4) is 0 Å². The fourth-order valence-corrected chi connectivity index (χ4v) is 2.74. The van der Waals surface area contributed by atoms with E-state index in [1.165, 1.54) is 22.7 Å². The third-order valence-corrected chi connectivity index (χ3v) is 3.80. The number of nitrogens with one attached hydrogen (secondary N) is 1. The molecule has 1 aromatic rings. The zero-order valence-electron chi connectivity index (χ0n) is 9.38. The molecular formula is C11H18N2OS. The number of nitrogens with zero attached hydrogens (tertiary/aromatic N) is 1.